The van der Waals surface area contributed by atoms with Gasteiger partial charge >= 0.3 is 0 Å². The lowest BCUT2D eigenvalue weighted by atomic mass is 10.0. The molecule has 0 fully saturated rings. The molecule has 88 valence electrons. The molecule has 17 heavy (non-hydrogen) atoms. The molecule has 1 aliphatic carbocycles. The molecule has 1 aromatic rings. The Hall–Kier alpha value is -1.89. The zero-order chi connectivity index (χ0) is 12.4. The molecule has 1 amide bonds. The van der Waals surface area contributed by atoms with Crippen LogP contribution in [0.1, 0.15) is 20.9 Å². The molecule has 2 rings (SSSR count). The zero-order valence-corrected chi connectivity index (χ0v) is 9.67. The van der Waals surface area contributed by atoms with Crippen molar-refractivity contribution in [2.75, 3.05) is 12.8 Å². The summed E-state index contributed by atoms with van der Waals surface area (Å²) in [7, 11) is 1.50. The van der Waals surface area contributed by atoms with Crippen molar-refractivity contribution in [2.24, 2.45) is 0 Å². The first kappa shape index (κ1) is 11.6. The summed E-state index contributed by atoms with van der Waals surface area (Å²) in [6.07, 6.45) is 2.38. The van der Waals surface area contributed by atoms with Crippen LogP contribution in [0.25, 0.3) is 0 Å². The molecule has 0 unspecified atom stereocenters. The van der Waals surface area contributed by atoms with Crippen molar-refractivity contribution in [3.63, 3.8) is 0 Å². The van der Waals surface area contributed by atoms with Crippen LogP contribution < -0.4 is 5.32 Å². The summed E-state index contributed by atoms with van der Waals surface area (Å²) in [6.45, 7) is 0. The number of rotatable bonds is 3. The van der Waals surface area contributed by atoms with Gasteiger partial charge in [-0.15, -0.1) is 11.8 Å². The van der Waals surface area contributed by atoms with Crippen molar-refractivity contribution in [3.8, 4) is 0 Å². The lowest BCUT2D eigenvalue weighted by molar-refractivity contribution is -0.118. The highest BCUT2D eigenvalue weighted by molar-refractivity contribution is 8.04. The van der Waals surface area contributed by atoms with E-state index >= 15 is 0 Å². The molecule has 7 heteroatoms. The van der Waals surface area contributed by atoms with Crippen molar-refractivity contribution in [2.45, 2.75) is 0 Å². The molecule has 1 aromatic heterocycles. The fourth-order valence-corrected chi connectivity index (χ4v) is 2.15. The first-order valence-electron chi connectivity index (χ1n) is 4.72. The van der Waals surface area contributed by atoms with Gasteiger partial charge in [0.25, 0.3) is 0 Å². The third-order valence-electron chi connectivity index (χ3n) is 2.16. The van der Waals surface area contributed by atoms with Gasteiger partial charge in [-0.25, -0.2) is 0 Å². The third-order valence-corrected chi connectivity index (χ3v) is 3.18. The van der Waals surface area contributed by atoms with Crippen molar-refractivity contribution in [1.82, 2.24) is 10.5 Å². The number of nitrogens with zero attached hydrogens (tertiary/aromatic N) is 1. The van der Waals surface area contributed by atoms with Crippen LogP contribution in [0, 0.1) is 0 Å². The number of amides is 1. The Morgan fingerprint density at radius 2 is 2.29 bits per heavy atom. The van der Waals surface area contributed by atoms with Gasteiger partial charge in [0.15, 0.2) is 0 Å². The Bertz CT molecular complexity index is 532. The van der Waals surface area contributed by atoms with E-state index in [1.165, 1.54) is 19.3 Å². The highest BCUT2D eigenvalue weighted by Crippen LogP contribution is 2.27. The smallest absolute Gasteiger partial charge is 0.230 e. The van der Waals surface area contributed by atoms with E-state index in [1.807, 2.05) is 0 Å². The predicted molar refractivity (Wildman–Crippen MR) is 59.8 cm³/mol. The normalized spacial score (nSPS) is 14.3. The topological polar surface area (TPSA) is 89.3 Å². The molecule has 0 bridgehead atoms. The molecule has 0 saturated heterocycles. The van der Waals surface area contributed by atoms with Gasteiger partial charge in [0, 0.05) is 13.1 Å². The number of hydrogen-bond acceptors (Lipinski definition) is 6. The van der Waals surface area contributed by atoms with E-state index in [-0.39, 0.29) is 33.7 Å². The van der Waals surface area contributed by atoms with E-state index in [1.54, 1.807) is 0 Å². The van der Waals surface area contributed by atoms with Crippen LogP contribution >= 0.6 is 11.8 Å². The second-order valence-electron chi connectivity index (χ2n) is 3.23. The standard InChI is InChI=1S/C10H8N2O4S/c1-11-8(14)4-17-7-2-6(13)10-5(9(7)15)3-12-16-10/h2-3H,4H2,1H3,(H,11,14). The van der Waals surface area contributed by atoms with Gasteiger partial charge in [-0.05, 0) is 0 Å². The summed E-state index contributed by atoms with van der Waals surface area (Å²) in [5.74, 6) is -0.917. The van der Waals surface area contributed by atoms with E-state index in [4.69, 9.17) is 0 Å². The Labute approximate surface area is 100 Å². The van der Waals surface area contributed by atoms with Crippen LogP contribution in [-0.4, -0.2) is 35.4 Å². The quantitative estimate of drug-likeness (QED) is 0.838. The van der Waals surface area contributed by atoms with Crippen molar-refractivity contribution < 1.29 is 18.9 Å². The number of aromatic nitrogens is 1. The summed E-state index contributed by atoms with van der Waals surface area (Å²) in [6, 6.07) is 0. The molecule has 0 aromatic carbocycles. The first-order valence-corrected chi connectivity index (χ1v) is 5.71. The summed E-state index contributed by atoms with van der Waals surface area (Å²) < 4.78 is 4.68. The predicted octanol–water partition coefficient (Wildman–Crippen LogP) is 0.417. The maximum atomic E-state index is 11.9. The van der Waals surface area contributed by atoms with Crippen molar-refractivity contribution in [1.29, 1.82) is 0 Å². The maximum absolute atomic E-state index is 11.9. The second-order valence-corrected chi connectivity index (χ2v) is 4.25. The summed E-state index contributed by atoms with van der Waals surface area (Å²) in [5.41, 5.74) is 0.150. The molecule has 0 spiro atoms. The van der Waals surface area contributed by atoms with Crippen molar-refractivity contribution >= 4 is 29.2 Å². The third kappa shape index (κ3) is 2.14. The van der Waals surface area contributed by atoms with Crippen LogP contribution in [0.15, 0.2) is 21.7 Å². The Morgan fingerprint density at radius 3 is 3.00 bits per heavy atom. The SMILES string of the molecule is CNC(=O)CSC1=CC(=O)c2oncc2C1=O. The lowest BCUT2D eigenvalue weighted by Gasteiger charge is -2.08. The van der Waals surface area contributed by atoms with Crippen LogP contribution in [0.2, 0.25) is 0 Å². The first-order chi connectivity index (χ1) is 8.13. The fraction of sp³-hybridized carbons (Fsp3) is 0.200. The van der Waals surface area contributed by atoms with E-state index < -0.39 is 5.78 Å². The summed E-state index contributed by atoms with van der Waals surface area (Å²) in [5, 5.41) is 5.84. The highest BCUT2D eigenvalue weighted by Gasteiger charge is 2.29. The van der Waals surface area contributed by atoms with Gasteiger partial charge in [0.05, 0.1) is 22.4 Å². The molecule has 0 aliphatic heterocycles. The minimum absolute atomic E-state index is 0.0423. The minimum atomic E-state index is -0.406. The number of carbonyl (C=O) groups excluding carboxylic acids is 3. The average Bonchev–Trinajstić information content (AvgIpc) is 2.81. The van der Waals surface area contributed by atoms with E-state index in [2.05, 4.69) is 15.0 Å². The summed E-state index contributed by atoms with van der Waals surface area (Å²) in [4.78, 5) is 34.7. The van der Waals surface area contributed by atoms with Crippen molar-refractivity contribution in [3.05, 3.63) is 28.5 Å². The largest absolute Gasteiger partial charge is 0.358 e. The van der Waals surface area contributed by atoms with E-state index in [0.717, 1.165) is 11.8 Å². The fourth-order valence-electron chi connectivity index (χ4n) is 1.28. The maximum Gasteiger partial charge on any atom is 0.230 e. The van der Waals surface area contributed by atoms with Gasteiger partial charge in [-0.1, -0.05) is 5.16 Å². The van der Waals surface area contributed by atoms with Gasteiger partial charge < -0.3 is 9.84 Å². The molecular formula is C10H8N2O4S. The van der Waals surface area contributed by atoms with Crippen LogP contribution in [0.3, 0.4) is 0 Å². The van der Waals surface area contributed by atoms with Gasteiger partial charge in [-0.3, -0.25) is 14.4 Å². The molecule has 1 aliphatic rings. The minimum Gasteiger partial charge on any atom is -0.358 e. The zero-order valence-electron chi connectivity index (χ0n) is 8.85. The van der Waals surface area contributed by atoms with Gasteiger partial charge in [-0.2, -0.15) is 0 Å². The second kappa shape index (κ2) is 4.54. The molecular weight excluding hydrogens is 244 g/mol. The Morgan fingerprint density at radius 1 is 1.53 bits per heavy atom. The monoisotopic (exact) mass is 252 g/mol. The number of fused-ring (bicyclic) bond motifs is 1. The Balaban J connectivity index is 2.18. The number of Topliss-reactive ketones (excluding diaryl/α,β-unsaturated/α-hetero) is 1. The van der Waals surface area contributed by atoms with Gasteiger partial charge in [0.2, 0.25) is 23.2 Å². The number of nitrogens with one attached hydrogen (secondary N) is 1. The molecule has 0 saturated carbocycles. The number of carbonyl (C=O) groups is 3. The van der Waals surface area contributed by atoms with E-state index in [9.17, 15) is 14.4 Å². The van der Waals surface area contributed by atoms with Crippen LogP contribution in [0.5, 0.6) is 0 Å². The molecule has 0 radical (unpaired) electrons. The Kier molecular flexibility index (Phi) is 3.10. The number of hydrogen-bond donors (Lipinski definition) is 1. The number of allylic oxidation sites excluding steroid dienone is 2. The molecule has 1 N–H and O–H groups in total. The van der Waals surface area contributed by atoms with E-state index in [0.29, 0.717) is 0 Å². The highest BCUT2D eigenvalue weighted by atomic mass is 32.2. The molecule has 0 atom stereocenters. The summed E-state index contributed by atoms with van der Waals surface area (Å²) >= 11 is 1.02. The van der Waals surface area contributed by atoms with Crippen LogP contribution in [-0.2, 0) is 4.79 Å². The number of thioether (sulfide) groups is 1. The van der Waals surface area contributed by atoms with Gasteiger partial charge in [0.1, 0.15) is 0 Å². The number of ketones is 2. The molecule has 1 heterocycles. The lowest BCUT2D eigenvalue weighted by Crippen LogP contribution is -2.21. The average molecular weight is 252 g/mol. The molecule has 6 nitrogen and oxygen atoms in total. The van der Waals surface area contributed by atoms with Crippen LogP contribution in [0.4, 0.5) is 0 Å².